The van der Waals surface area contributed by atoms with Crippen LogP contribution in [-0.2, 0) is 0 Å². The Morgan fingerprint density at radius 3 is 2.69 bits per heavy atom. The lowest BCUT2D eigenvalue weighted by Crippen LogP contribution is -2.32. The summed E-state index contributed by atoms with van der Waals surface area (Å²) in [5.74, 6) is 0. The molecule has 0 saturated heterocycles. The highest BCUT2D eigenvalue weighted by Gasteiger charge is 2.39. The molecule has 1 unspecified atom stereocenters. The maximum Gasteiger partial charge on any atom is 0.402 e. The first-order valence-corrected chi connectivity index (χ1v) is 5.13. The Kier molecular flexibility index (Phi) is 3.57. The molecule has 1 atom stereocenters. The van der Waals surface area contributed by atoms with Crippen LogP contribution in [0.4, 0.5) is 13.2 Å². The number of rotatable bonds is 3. The van der Waals surface area contributed by atoms with Crippen molar-refractivity contribution in [2.75, 3.05) is 6.54 Å². The van der Waals surface area contributed by atoms with Crippen molar-refractivity contribution >= 4 is 23.1 Å². The van der Waals surface area contributed by atoms with E-state index in [1.165, 1.54) is 17.5 Å². The summed E-state index contributed by atoms with van der Waals surface area (Å²) in [5.41, 5.74) is 5.01. The molecule has 1 aromatic heterocycles. The van der Waals surface area contributed by atoms with E-state index in [1.54, 1.807) is 5.38 Å². The molecule has 2 N–H and O–H groups in total. The van der Waals surface area contributed by atoms with E-state index in [-0.39, 0.29) is 0 Å². The van der Waals surface area contributed by atoms with Crippen LogP contribution >= 0.6 is 23.1 Å². The molecule has 0 radical (unpaired) electrons. The second-order valence-electron chi connectivity index (χ2n) is 2.18. The van der Waals surface area contributed by atoms with Crippen LogP contribution in [0.3, 0.4) is 0 Å². The van der Waals surface area contributed by atoms with Crippen LogP contribution < -0.4 is 5.73 Å². The van der Waals surface area contributed by atoms with Gasteiger partial charge in [0.1, 0.15) is 9.59 Å². The number of thioether (sulfide) groups is 1. The summed E-state index contributed by atoms with van der Waals surface area (Å²) in [4.78, 5) is 3.74. The van der Waals surface area contributed by atoms with E-state index in [0.717, 1.165) is 0 Å². The molecule has 1 aromatic rings. The summed E-state index contributed by atoms with van der Waals surface area (Å²) in [7, 11) is 0. The molecule has 74 valence electrons. The van der Waals surface area contributed by atoms with Gasteiger partial charge in [0.25, 0.3) is 0 Å². The number of hydrogen-bond acceptors (Lipinski definition) is 4. The average molecular weight is 228 g/mol. The number of alkyl halides is 3. The first kappa shape index (κ1) is 10.8. The zero-order valence-electron chi connectivity index (χ0n) is 6.41. The Morgan fingerprint density at radius 1 is 1.62 bits per heavy atom. The maximum atomic E-state index is 12.2. The molecule has 0 aromatic carbocycles. The third-order valence-electron chi connectivity index (χ3n) is 1.23. The molecule has 0 aliphatic heterocycles. The third-order valence-corrected chi connectivity index (χ3v) is 3.43. The van der Waals surface area contributed by atoms with Gasteiger partial charge in [-0.3, -0.25) is 0 Å². The highest BCUT2D eigenvalue weighted by molar-refractivity contribution is 8.01. The maximum absolute atomic E-state index is 12.2. The van der Waals surface area contributed by atoms with Gasteiger partial charge in [0.05, 0.1) is 0 Å². The van der Waals surface area contributed by atoms with Crippen LogP contribution in [-0.4, -0.2) is 23.0 Å². The van der Waals surface area contributed by atoms with Crippen molar-refractivity contribution in [2.45, 2.75) is 15.8 Å². The lowest BCUT2D eigenvalue weighted by molar-refractivity contribution is -0.126. The summed E-state index contributed by atoms with van der Waals surface area (Å²) in [6.07, 6.45) is -2.79. The molecule has 0 amide bonds. The van der Waals surface area contributed by atoms with Crippen LogP contribution in [0.5, 0.6) is 0 Å². The van der Waals surface area contributed by atoms with Crippen LogP contribution in [0, 0.1) is 0 Å². The van der Waals surface area contributed by atoms with Crippen molar-refractivity contribution in [3.8, 4) is 0 Å². The minimum absolute atomic E-state index is 0.396. The van der Waals surface area contributed by atoms with Crippen molar-refractivity contribution in [1.82, 2.24) is 4.98 Å². The number of hydrogen-bond donors (Lipinski definition) is 1. The molecule has 1 heterocycles. The number of nitrogens with zero attached hydrogens (tertiary/aromatic N) is 1. The van der Waals surface area contributed by atoms with Gasteiger partial charge < -0.3 is 5.73 Å². The van der Waals surface area contributed by atoms with Gasteiger partial charge in [0.2, 0.25) is 0 Å². The molecule has 2 nitrogen and oxygen atoms in total. The molecule has 0 bridgehead atoms. The minimum Gasteiger partial charge on any atom is -0.329 e. The van der Waals surface area contributed by atoms with Gasteiger partial charge in [0, 0.05) is 18.1 Å². The molecule has 0 aliphatic carbocycles. The Hall–Kier alpha value is -0.270. The van der Waals surface area contributed by atoms with Gasteiger partial charge >= 0.3 is 6.18 Å². The number of halogens is 3. The highest BCUT2D eigenvalue weighted by Crippen LogP contribution is 2.35. The Balaban J connectivity index is 2.60. The molecule has 0 fully saturated rings. The highest BCUT2D eigenvalue weighted by atomic mass is 32.2. The third kappa shape index (κ3) is 3.17. The van der Waals surface area contributed by atoms with E-state index in [9.17, 15) is 13.2 Å². The van der Waals surface area contributed by atoms with Crippen LogP contribution in [0.15, 0.2) is 15.9 Å². The number of nitrogens with two attached hydrogens (primary N) is 1. The first-order chi connectivity index (χ1) is 6.04. The molecule has 7 heteroatoms. The van der Waals surface area contributed by atoms with Crippen LogP contribution in [0.2, 0.25) is 0 Å². The van der Waals surface area contributed by atoms with E-state index in [4.69, 9.17) is 5.73 Å². The SMILES string of the molecule is NCC(Sc1nccs1)C(F)(F)F. The summed E-state index contributed by atoms with van der Waals surface area (Å²) in [5, 5.41) is 0.0744. The van der Waals surface area contributed by atoms with E-state index in [1.807, 2.05) is 0 Å². The van der Waals surface area contributed by atoms with Gasteiger partial charge in [-0.05, 0) is 0 Å². The average Bonchev–Trinajstić information content (AvgIpc) is 2.49. The summed E-state index contributed by atoms with van der Waals surface area (Å²) < 4.78 is 37.0. The minimum atomic E-state index is -4.26. The monoisotopic (exact) mass is 228 g/mol. The normalized spacial score (nSPS) is 14.5. The zero-order valence-corrected chi connectivity index (χ0v) is 8.05. The lowest BCUT2D eigenvalue weighted by atomic mass is 10.4. The Morgan fingerprint density at radius 2 is 2.31 bits per heavy atom. The van der Waals surface area contributed by atoms with Crippen molar-refractivity contribution < 1.29 is 13.2 Å². The molecule has 0 saturated carbocycles. The van der Waals surface area contributed by atoms with Crippen molar-refractivity contribution in [2.24, 2.45) is 5.73 Å². The molecule has 13 heavy (non-hydrogen) atoms. The van der Waals surface area contributed by atoms with Gasteiger partial charge in [-0.15, -0.1) is 11.3 Å². The number of aromatic nitrogens is 1. The Bertz CT molecular complexity index is 247. The standard InChI is InChI=1S/C6H7F3N2S2/c7-6(8,9)4(3-10)13-5-11-1-2-12-5/h1-2,4H,3,10H2. The van der Waals surface area contributed by atoms with Crippen LogP contribution in [0.1, 0.15) is 0 Å². The van der Waals surface area contributed by atoms with E-state index >= 15 is 0 Å². The quantitative estimate of drug-likeness (QED) is 0.805. The van der Waals surface area contributed by atoms with E-state index < -0.39 is 18.0 Å². The molecular weight excluding hydrogens is 221 g/mol. The lowest BCUT2D eigenvalue weighted by Gasteiger charge is -2.15. The Labute approximate surface area is 81.3 Å². The van der Waals surface area contributed by atoms with Gasteiger partial charge in [0.15, 0.2) is 0 Å². The summed E-state index contributed by atoms with van der Waals surface area (Å²) >= 11 is 1.84. The fourth-order valence-corrected chi connectivity index (χ4v) is 2.33. The smallest absolute Gasteiger partial charge is 0.329 e. The predicted octanol–water partition coefficient (Wildman–Crippen LogP) is 2.12. The van der Waals surface area contributed by atoms with E-state index in [2.05, 4.69) is 4.98 Å². The van der Waals surface area contributed by atoms with E-state index in [0.29, 0.717) is 16.1 Å². The second kappa shape index (κ2) is 4.30. The fourth-order valence-electron chi connectivity index (χ4n) is 0.639. The second-order valence-corrected chi connectivity index (χ2v) is 4.53. The number of thiazole rings is 1. The molecule has 1 rings (SSSR count). The molecule has 0 aliphatic rings. The summed E-state index contributed by atoms with van der Waals surface area (Å²) in [6, 6.07) is 0. The fraction of sp³-hybridized carbons (Fsp3) is 0.500. The molecular formula is C6H7F3N2S2. The first-order valence-electron chi connectivity index (χ1n) is 3.37. The van der Waals surface area contributed by atoms with Gasteiger partial charge in [-0.25, -0.2) is 4.98 Å². The molecule has 0 spiro atoms. The zero-order chi connectivity index (χ0) is 9.90. The predicted molar refractivity (Wildman–Crippen MR) is 46.9 cm³/mol. The van der Waals surface area contributed by atoms with Gasteiger partial charge in [-0.2, -0.15) is 13.2 Å². The van der Waals surface area contributed by atoms with Crippen molar-refractivity contribution in [3.63, 3.8) is 0 Å². The van der Waals surface area contributed by atoms with Crippen LogP contribution in [0.25, 0.3) is 0 Å². The van der Waals surface area contributed by atoms with Crippen molar-refractivity contribution in [3.05, 3.63) is 11.6 Å². The van der Waals surface area contributed by atoms with Gasteiger partial charge in [-0.1, -0.05) is 11.8 Å². The van der Waals surface area contributed by atoms with Crippen molar-refractivity contribution in [1.29, 1.82) is 0 Å². The topological polar surface area (TPSA) is 38.9 Å². The largest absolute Gasteiger partial charge is 0.402 e. The summed E-state index contributed by atoms with van der Waals surface area (Å²) in [6.45, 7) is -0.423.